The molecule has 0 aliphatic heterocycles. The van der Waals surface area contributed by atoms with Crippen LogP contribution in [0.1, 0.15) is 13.3 Å². The number of anilines is 1. The van der Waals surface area contributed by atoms with E-state index in [1.165, 1.54) is 12.3 Å². The zero-order valence-corrected chi connectivity index (χ0v) is 9.38. The van der Waals surface area contributed by atoms with Crippen LogP contribution in [0, 0.1) is 0 Å². The van der Waals surface area contributed by atoms with Crippen molar-refractivity contribution in [1.29, 1.82) is 0 Å². The summed E-state index contributed by atoms with van der Waals surface area (Å²) in [4.78, 5) is 15.2. The molecular formula is C10H14N2O2S. The second-order valence-electron chi connectivity index (χ2n) is 2.97. The molecule has 0 aliphatic carbocycles. The average Bonchev–Trinajstić information content (AvgIpc) is 2.22. The van der Waals surface area contributed by atoms with Crippen molar-refractivity contribution >= 4 is 23.5 Å². The molecule has 0 fully saturated rings. The van der Waals surface area contributed by atoms with Crippen LogP contribution in [0.4, 0.5) is 5.82 Å². The molecule has 0 saturated carbocycles. The van der Waals surface area contributed by atoms with E-state index >= 15 is 0 Å². The fourth-order valence-electron chi connectivity index (χ4n) is 0.970. The molecule has 0 aromatic carbocycles. The Labute approximate surface area is 93.1 Å². The summed E-state index contributed by atoms with van der Waals surface area (Å²) < 4.78 is 0. The molecule has 2 N–H and O–H groups in total. The van der Waals surface area contributed by atoms with Crippen LogP contribution in [0.15, 0.2) is 18.3 Å². The summed E-state index contributed by atoms with van der Waals surface area (Å²) in [5.74, 6) is 1.43. The molecule has 0 atom stereocenters. The molecule has 0 unspecified atom stereocenters. The maximum Gasteiger partial charge on any atom is 0.235 e. The van der Waals surface area contributed by atoms with Crippen molar-refractivity contribution in [2.45, 2.75) is 13.3 Å². The smallest absolute Gasteiger partial charge is 0.235 e. The van der Waals surface area contributed by atoms with Gasteiger partial charge in [0.25, 0.3) is 0 Å². The average molecular weight is 226 g/mol. The van der Waals surface area contributed by atoms with Gasteiger partial charge in [-0.05, 0) is 24.3 Å². The number of nitrogens with zero attached hydrogens (tertiary/aromatic N) is 1. The van der Waals surface area contributed by atoms with Gasteiger partial charge in [0.2, 0.25) is 5.91 Å². The number of rotatable bonds is 5. The minimum atomic E-state index is -0.137. The lowest BCUT2D eigenvalue weighted by Crippen LogP contribution is -2.15. The summed E-state index contributed by atoms with van der Waals surface area (Å²) in [6.45, 7) is 2.06. The van der Waals surface area contributed by atoms with Gasteiger partial charge in [-0.3, -0.25) is 4.79 Å². The van der Waals surface area contributed by atoms with Crippen molar-refractivity contribution < 1.29 is 9.90 Å². The predicted octanol–water partition coefficient (Wildman–Crippen LogP) is 1.87. The maximum atomic E-state index is 11.4. The quantitative estimate of drug-likeness (QED) is 0.752. The topological polar surface area (TPSA) is 62.2 Å². The van der Waals surface area contributed by atoms with E-state index < -0.39 is 0 Å². The number of nitrogens with one attached hydrogen (secondary N) is 1. The van der Waals surface area contributed by atoms with Gasteiger partial charge in [0.05, 0.1) is 5.75 Å². The summed E-state index contributed by atoms with van der Waals surface area (Å²) in [7, 11) is 0. The van der Waals surface area contributed by atoms with Crippen molar-refractivity contribution in [2.24, 2.45) is 0 Å². The molecule has 15 heavy (non-hydrogen) atoms. The van der Waals surface area contributed by atoms with Gasteiger partial charge in [0.1, 0.15) is 0 Å². The second kappa shape index (κ2) is 6.29. The molecule has 0 radical (unpaired) electrons. The van der Waals surface area contributed by atoms with Gasteiger partial charge in [0, 0.05) is 6.20 Å². The normalized spacial score (nSPS) is 9.93. The van der Waals surface area contributed by atoms with E-state index in [-0.39, 0.29) is 17.5 Å². The highest BCUT2D eigenvalue weighted by Gasteiger charge is 2.06. The van der Waals surface area contributed by atoms with Gasteiger partial charge < -0.3 is 10.4 Å². The predicted molar refractivity (Wildman–Crippen MR) is 62.1 cm³/mol. The SMILES string of the molecule is CCCSCC(=O)Nc1ncccc1O. The Balaban J connectivity index is 2.41. The van der Waals surface area contributed by atoms with Gasteiger partial charge in [-0.1, -0.05) is 6.92 Å². The third-order valence-electron chi connectivity index (χ3n) is 1.63. The zero-order chi connectivity index (χ0) is 11.1. The van der Waals surface area contributed by atoms with Gasteiger partial charge >= 0.3 is 0 Å². The van der Waals surface area contributed by atoms with E-state index in [0.717, 1.165) is 12.2 Å². The minimum absolute atomic E-state index is 0.00802. The number of hydrogen-bond acceptors (Lipinski definition) is 4. The van der Waals surface area contributed by atoms with Crippen LogP contribution in [0.25, 0.3) is 0 Å². The molecule has 5 heteroatoms. The monoisotopic (exact) mass is 226 g/mol. The van der Waals surface area contributed by atoms with Crippen LogP contribution in [-0.4, -0.2) is 27.5 Å². The van der Waals surface area contributed by atoms with Gasteiger partial charge in [-0.25, -0.2) is 4.98 Å². The van der Waals surface area contributed by atoms with E-state index in [9.17, 15) is 9.90 Å². The highest BCUT2D eigenvalue weighted by molar-refractivity contribution is 7.99. The standard InChI is InChI=1S/C10H14N2O2S/c1-2-6-15-7-9(14)12-10-8(13)4-3-5-11-10/h3-5,13H,2,6-7H2,1H3,(H,11,12,14). The largest absolute Gasteiger partial charge is 0.504 e. The van der Waals surface area contributed by atoms with Crippen molar-refractivity contribution in [2.75, 3.05) is 16.8 Å². The van der Waals surface area contributed by atoms with Crippen LogP contribution < -0.4 is 5.32 Å². The number of thioether (sulfide) groups is 1. The molecule has 1 aromatic heterocycles. The van der Waals surface area contributed by atoms with E-state index in [1.807, 2.05) is 0 Å². The van der Waals surface area contributed by atoms with Gasteiger partial charge in [-0.15, -0.1) is 0 Å². The number of carbonyl (C=O) groups excluding carboxylic acids is 1. The van der Waals surface area contributed by atoms with E-state index in [4.69, 9.17) is 0 Å². The van der Waals surface area contributed by atoms with E-state index in [0.29, 0.717) is 5.75 Å². The lowest BCUT2D eigenvalue weighted by atomic mass is 10.4. The molecule has 1 heterocycles. The van der Waals surface area contributed by atoms with E-state index in [2.05, 4.69) is 17.2 Å². The highest BCUT2D eigenvalue weighted by Crippen LogP contribution is 2.18. The molecule has 0 spiro atoms. The number of amides is 1. The first-order valence-electron chi connectivity index (χ1n) is 4.75. The molecular weight excluding hydrogens is 212 g/mol. The highest BCUT2D eigenvalue weighted by atomic mass is 32.2. The van der Waals surface area contributed by atoms with Crippen LogP contribution >= 0.6 is 11.8 Å². The number of aromatic hydroxyl groups is 1. The summed E-state index contributed by atoms with van der Waals surface area (Å²) in [5.41, 5.74) is 0. The first-order valence-corrected chi connectivity index (χ1v) is 5.91. The summed E-state index contributed by atoms with van der Waals surface area (Å²) >= 11 is 1.57. The minimum Gasteiger partial charge on any atom is -0.504 e. The van der Waals surface area contributed by atoms with Crippen molar-refractivity contribution in [1.82, 2.24) is 4.98 Å². The molecule has 82 valence electrons. The first kappa shape index (κ1) is 11.8. The Hall–Kier alpha value is -1.23. The molecule has 0 bridgehead atoms. The zero-order valence-electron chi connectivity index (χ0n) is 8.56. The number of hydrogen-bond donors (Lipinski definition) is 2. The number of pyridine rings is 1. The van der Waals surface area contributed by atoms with Gasteiger partial charge in [-0.2, -0.15) is 11.8 Å². The summed E-state index contributed by atoms with van der Waals surface area (Å²) in [6.07, 6.45) is 2.57. The summed E-state index contributed by atoms with van der Waals surface area (Å²) in [6, 6.07) is 3.10. The fraction of sp³-hybridized carbons (Fsp3) is 0.400. The van der Waals surface area contributed by atoms with Crippen LogP contribution in [0.2, 0.25) is 0 Å². The Kier molecular flexibility index (Phi) is 4.97. The first-order chi connectivity index (χ1) is 7.24. The third kappa shape index (κ3) is 4.20. The van der Waals surface area contributed by atoms with Crippen molar-refractivity contribution in [3.8, 4) is 5.75 Å². The molecule has 1 aromatic rings. The Bertz CT molecular complexity index is 331. The van der Waals surface area contributed by atoms with Crippen LogP contribution in [0.3, 0.4) is 0 Å². The Morgan fingerprint density at radius 3 is 3.13 bits per heavy atom. The lowest BCUT2D eigenvalue weighted by Gasteiger charge is -2.04. The summed E-state index contributed by atoms with van der Waals surface area (Å²) in [5, 5.41) is 11.9. The molecule has 1 amide bonds. The van der Waals surface area contributed by atoms with Gasteiger partial charge in [0.15, 0.2) is 11.6 Å². The van der Waals surface area contributed by atoms with Crippen molar-refractivity contribution in [3.63, 3.8) is 0 Å². The van der Waals surface area contributed by atoms with Crippen molar-refractivity contribution in [3.05, 3.63) is 18.3 Å². The second-order valence-corrected chi connectivity index (χ2v) is 4.08. The Morgan fingerprint density at radius 1 is 1.67 bits per heavy atom. The molecule has 0 aliphatic rings. The van der Waals surface area contributed by atoms with Crippen LogP contribution in [-0.2, 0) is 4.79 Å². The lowest BCUT2D eigenvalue weighted by molar-refractivity contribution is -0.113. The third-order valence-corrected chi connectivity index (χ3v) is 2.79. The number of carbonyl (C=O) groups is 1. The van der Waals surface area contributed by atoms with E-state index in [1.54, 1.807) is 17.8 Å². The maximum absolute atomic E-state index is 11.4. The molecule has 0 saturated heterocycles. The molecule has 4 nitrogen and oxygen atoms in total. The Morgan fingerprint density at radius 2 is 2.47 bits per heavy atom. The number of aromatic nitrogens is 1. The molecule has 1 rings (SSSR count). The fourth-order valence-corrected chi connectivity index (χ4v) is 1.66. The van der Waals surface area contributed by atoms with Crippen LogP contribution in [0.5, 0.6) is 5.75 Å².